The van der Waals surface area contributed by atoms with Gasteiger partial charge in [-0.1, -0.05) is 84.2 Å². The van der Waals surface area contributed by atoms with E-state index >= 15 is 0 Å². The number of ketones is 2. The molecule has 0 bridgehead atoms. The number of pyridine rings is 2. The highest BCUT2D eigenvalue weighted by Gasteiger charge is 2.27. The molecular formula is C38H56Br2N4O4S2. The van der Waals surface area contributed by atoms with Gasteiger partial charge in [-0.25, -0.2) is 0 Å². The molecular weight excluding hydrogens is 800 g/mol. The van der Waals surface area contributed by atoms with Gasteiger partial charge < -0.3 is 10.6 Å². The standard InChI is InChI=1S/C38H56Br2N4O4S2/c1-29(15-19-39)35(43-37(47)31-13-11-21-41-27-31)33(45)17-25-49-23-9-7-5-3-4-6-8-10-24-50-26-18-34(46)36(30(2)16-20-40)44-38(48)32-14-12-22-42-28-32/h11-14,21-22,27-30,35-36H,3-10,15-20,23-26H2,1-2H3,(H,43,47)(H,44,48). The van der Waals surface area contributed by atoms with Gasteiger partial charge in [-0.15, -0.1) is 0 Å². The Morgan fingerprint density at radius 2 is 1.00 bits per heavy atom. The first-order valence-corrected chi connectivity index (χ1v) is 22.6. The van der Waals surface area contributed by atoms with Crippen LogP contribution in [0.15, 0.2) is 49.1 Å². The van der Waals surface area contributed by atoms with Crippen LogP contribution in [0.1, 0.15) is 112 Å². The molecule has 0 fully saturated rings. The molecule has 4 unspecified atom stereocenters. The molecule has 278 valence electrons. The van der Waals surface area contributed by atoms with Crippen LogP contribution < -0.4 is 10.6 Å². The molecule has 2 aromatic heterocycles. The first-order valence-electron chi connectivity index (χ1n) is 18.0. The van der Waals surface area contributed by atoms with Crippen LogP contribution in [-0.2, 0) is 9.59 Å². The molecule has 2 N–H and O–H groups in total. The number of hydrogen-bond acceptors (Lipinski definition) is 8. The summed E-state index contributed by atoms with van der Waals surface area (Å²) in [6.07, 6.45) is 18.6. The van der Waals surface area contributed by atoms with E-state index < -0.39 is 12.1 Å². The Kier molecular flexibility index (Phi) is 24.7. The predicted molar refractivity (Wildman–Crippen MR) is 217 cm³/mol. The van der Waals surface area contributed by atoms with Crippen LogP contribution in [0.3, 0.4) is 0 Å². The third-order valence-electron chi connectivity index (χ3n) is 8.69. The van der Waals surface area contributed by atoms with Crippen LogP contribution in [-0.4, -0.2) is 79.1 Å². The Labute approximate surface area is 325 Å². The Morgan fingerprint density at radius 1 is 0.620 bits per heavy atom. The van der Waals surface area contributed by atoms with Gasteiger partial charge in [0, 0.05) is 59.8 Å². The maximum Gasteiger partial charge on any atom is 0.253 e. The minimum Gasteiger partial charge on any atom is -0.342 e. The van der Waals surface area contributed by atoms with Crippen molar-refractivity contribution in [3.8, 4) is 0 Å². The number of halogens is 2. The fourth-order valence-corrected chi connectivity index (χ4v) is 8.89. The summed E-state index contributed by atoms with van der Waals surface area (Å²) in [6.45, 7) is 4.04. The smallest absolute Gasteiger partial charge is 0.253 e. The topological polar surface area (TPSA) is 118 Å². The quantitative estimate of drug-likeness (QED) is 0.0617. The van der Waals surface area contributed by atoms with Gasteiger partial charge in [0.15, 0.2) is 11.6 Å². The van der Waals surface area contributed by atoms with E-state index in [9.17, 15) is 19.2 Å². The molecule has 0 aliphatic heterocycles. The lowest BCUT2D eigenvalue weighted by molar-refractivity contribution is -0.122. The molecule has 2 aromatic rings. The van der Waals surface area contributed by atoms with Crippen molar-refractivity contribution >= 4 is 78.8 Å². The fourth-order valence-electron chi connectivity index (χ4n) is 5.53. The molecule has 8 nitrogen and oxygen atoms in total. The van der Waals surface area contributed by atoms with Gasteiger partial charge in [0.25, 0.3) is 11.8 Å². The van der Waals surface area contributed by atoms with Gasteiger partial charge in [0.1, 0.15) is 0 Å². The first kappa shape index (κ1) is 44.4. The van der Waals surface area contributed by atoms with Crippen molar-refractivity contribution in [2.45, 2.75) is 103 Å². The number of hydrogen-bond donors (Lipinski definition) is 2. The molecule has 0 spiro atoms. The first-order chi connectivity index (χ1) is 24.3. The zero-order chi connectivity index (χ0) is 36.4. The molecule has 0 radical (unpaired) electrons. The second-order valence-corrected chi connectivity index (χ2v) is 16.8. The molecule has 0 saturated heterocycles. The van der Waals surface area contributed by atoms with E-state index in [1.807, 2.05) is 37.4 Å². The molecule has 0 aromatic carbocycles. The number of Topliss-reactive ketones (excluding diaryl/α,β-unsaturated/α-hetero) is 2. The molecule has 50 heavy (non-hydrogen) atoms. The largest absolute Gasteiger partial charge is 0.342 e. The third kappa shape index (κ3) is 18.6. The summed E-state index contributed by atoms with van der Waals surface area (Å²) in [4.78, 5) is 59.4. The number of unbranched alkanes of at least 4 members (excludes halogenated alkanes) is 7. The summed E-state index contributed by atoms with van der Waals surface area (Å²) in [5.74, 6) is 3.49. The molecule has 0 aliphatic carbocycles. The third-order valence-corrected chi connectivity index (χ3v) is 11.8. The zero-order valence-electron chi connectivity index (χ0n) is 29.8. The number of rotatable bonds is 29. The molecule has 2 amide bonds. The monoisotopic (exact) mass is 854 g/mol. The number of nitrogens with one attached hydrogen (secondary N) is 2. The van der Waals surface area contributed by atoms with Gasteiger partial charge in [-0.05, 0) is 73.3 Å². The second kappa shape index (κ2) is 27.8. The molecule has 12 heteroatoms. The van der Waals surface area contributed by atoms with E-state index in [0.717, 1.165) is 59.4 Å². The average molecular weight is 857 g/mol. The van der Waals surface area contributed by atoms with Crippen LogP contribution in [0, 0.1) is 11.8 Å². The number of aromatic nitrogens is 2. The lowest BCUT2D eigenvalue weighted by Gasteiger charge is -2.23. The van der Waals surface area contributed by atoms with E-state index in [2.05, 4.69) is 52.5 Å². The normalized spacial score (nSPS) is 13.6. The Bertz CT molecular complexity index is 1150. The SMILES string of the molecule is CC(CCBr)C(NC(=O)c1cccnc1)C(=O)CCSCCCCCCCCCCSCCC(=O)C(NC(=O)c1cccnc1)C(C)CCBr. The molecule has 4 atom stereocenters. The second-order valence-electron chi connectivity index (χ2n) is 12.8. The van der Waals surface area contributed by atoms with Gasteiger partial charge in [-0.2, -0.15) is 23.5 Å². The van der Waals surface area contributed by atoms with Crippen molar-refractivity contribution in [2.75, 3.05) is 33.7 Å². The maximum atomic E-state index is 13.0. The summed E-state index contributed by atoms with van der Waals surface area (Å²) in [7, 11) is 0. The number of nitrogens with zero attached hydrogens (tertiary/aromatic N) is 2. The molecule has 0 saturated carbocycles. The maximum absolute atomic E-state index is 13.0. The van der Waals surface area contributed by atoms with Crippen molar-refractivity contribution in [1.29, 1.82) is 0 Å². The van der Waals surface area contributed by atoms with Crippen molar-refractivity contribution in [3.05, 3.63) is 60.2 Å². The number of carbonyl (C=O) groups is 4. The number of alkyl halides is 2. The van der Waals surface area contributed by atoms with E-state index in [1.165, 1.54) is 50.9 Å². The van der Waals surface area contributed by atoms with Crippen molar-refractivity contribution in [2.24, 2.45) is 11.8 Å². The summed E-state index contributed by atoms with van der Waals surface area (Å²) in [5, 5.41) is 7.49. The highest BCUT2D eigenvalue weighted by atomic mass is 79.9. The van der Waals surface area contributed by atoms with Crippen LogP contribution in [0.4, 0.5) is 0 Å². The highest BCUT2D eigenvalue weighted by molar-refractivity contribution is 9.09. The average Bonchev–Trinajstić information content (AvgIpc) is 3.13. The van der Waals surface area contributed by atoms with E-state index in [4.69, 9.17) is 0 Å². The lowest BCUT2D eigenvalue weighted by Crippen LogP contribution is -2.45. The van der Waals surface area contributed by atoms with Gasteiger partial charge in [0.05, 0.1) is 23.2 Å². The Balaban J connectivity index is 1.49. The zero-order valence-corrected chi connectivity index (χ0v) is 34.6. The highest BCUT2D eigenvalue weighted by Crippen LogP contribution is 2.18. The summed E-state index contributed by atoms with van der Waals surface area (Å²) in [5.41, 5.74) is 0.940. The predicted octanol–water partition coefficient (Wildman–Crippen LogP) is 8.72. The van der Waals surface area contributed by atoms with Gasteiger partial charge in [0.2, 0.25) is 0 Å². The number of amides is 2. The number of thioether (sulfide) groups is 2. The Hall–Kier alpha value is -1.76. The lowest BCUT2D eigenvalue weighted by atomic mass is 9.94. The van der Waals surface area contributed by atoms with Crippen LogP contribution >= 0.6 is 55.4 Å². The molecule has 2 heterocycles. The summed E-state index contributed by atoms with van der Waals surface area (Å²) >= 11 is 10.6. The van der Waals surface area contributed by atoms with E-state index in [-0.39, 0.29) is 35.2 Å². The van der Waals surface area contributed by atoms with E-state index in [1.54, 1.807) is 36.7 Å². The number of carbonyl (C=O) groups excluding carboxylic acids is 4. The molecule has 2 rings (SSSR count). The fraction of sp³-hybridized carbons (Fsp3) is 0.632. The van der Waals surface area contributed by atoms with E-state index in [0.29, 0.717) is 24.0 Å². The minimum absolute atomic E-state index is 0.0543. The van der Waals surface area contributed by atoms with Gasteiger partial charge in [-0.3, -0.25) is 29.1 Å². The van der Waals surface area contributed by atoms with Crippen molar-refractivity contribution in [3.63, 3.8) is 0 Å². The van der Waals surface area contributed by atoms with Gasteiger partial charge >= 0.3 is 0 Å². The van der Waals surface area contributed by atoms with Crippen molar-refractivity contribution < 1.29 is 19.2 Å². The molecule has 0 aliphatic rings. The summed E-state index contributed by atoms with van der Waals surface area (Å²) < 4.78 is 0. The Morgan fingerprint density at radius 3 is 1.34 bits per heavy atom. The minimum atomic E-state index is -0.488. The van der Waals surface area contributed by atoms with Crippen LogP contribution in [0.5, 0.6) is 0 Å². The van der Waals surface area contributed by atoms with Crippen LogP contribution in [0.25, 0.3) is 0 Å². The summed E-state index contributed by atoms with van der Waals surface area (Å²) in [6, 6.07) is 5.89. The van der Waals surface area contributed by atoms with Crippen LogP contribution in [0.2, 0.25) is 0 Å². The van der Waals surface area contributed by atoms with Crippen molar-refractivity contribution in [1.82, 2.24) is 20.6 Å².